The minimum atomic E-state index is 0.731. The van der Waals surface area contributed by atoms with Gasteiger partial charge in [0.05, 0.1) is 11.4 Å². The molecular weight excluding hydrogens is 284 g/mol. The first-order chi connectivity index (χ1) is 10.1. The lowest BCUT2D eigenvalue weighted by molar-refractivity contribution is 0.401. The fraction of sp³-hybridized carbons (Fsp3) is 0.294. The van der Waals surface area contributed by atoms with E-state index in [-0.39, 0.29) is 0 Å². The molecule has 3 nitrogen and oxygen atoms in total. The second-order valence-electron chi connectivity index (χ2n) is 5.49. The summed E-state index contributed by atoms with van der Waals surface area (Å²) in [4.78, 5) is 4.49. The highest BCUT2D eigenvalue weighted by atomic mass is 35.5. The third-order valence-corrected chi connectivity index (χ3v) is 3.81. The molecule has 0 unspecified atom stereocenters. The summed E-state index contributed by atoms with van der Waals surface area (Å²) < 4.78 is 5.98. The van der Waals surface area contributed by atoms with E-state index < -0.39 is 0 Å². The van der Waals surface area contributed by atoms with E-state index in [1.54, 1.807) is 0 Å². The van der Waals surface area contributed by atoms with E-state index in [1.807, 2.05) is 36.4 Å². The Morgan fingerprint density at radius 1 is 1.05 bits per heavy atom. The van der Waals surface area contributed by atoms with E-state index in [4.69, 9.17) is 16.3 Å². The second-order valence-corrected chi connectivity index (χ2v) is 5.93. The van der Waals surface area contributed by atoms with Gasteiger partial charge in [-0.15, -0.1) is 0 Å². The van der Waals surface area contributed by atoms with Crippen molar-refractivity contribution in [3.63, 3.8) is 0 Å². The number of para-hydroxylation sites is 2. The highest BCUT2D eigenvalue weighted by Gasteiger charge is 2.23. The maximum absolute atomic E-state index is 6.16. The molecular formula is C17H19ClN2O. The molecule has 0 aromatic heterocycles. The van der Waals surface area contributed by atoms with Crippen molar-refractivity contribution in [1.82, 2.24) is 4.90 Å². The SMILES string of the molecule is CN(C)CCCN1c2ccccc2Oc2ccc(Cl)cc21. The maximum Gasteiger partial charge on any atom is 0.151 e. The number of nitrogens with zero attached hydrogens (tertiary/aromatic N) is 2. The number of fused-ring (bicyclic) bond motifs is 2. The fourth-order valence-corrected chi connectivity index (χ4v) is 2.75. The number of rotatable bonds is 4. The summed E-state index contributed by atoms with van der Waals surface area (Å²) in [7, 11) is 4.19. The van der Waals surface area contributed by atoms with E-state index in [1.165, 1.54) is 0 Å². The van der Waals surface area contributed by atoms with Gasteiger partial charge in [-0.1, -0.05) is 23.7 Å². The lowest BCUT2D eigenvalue weighted by atomic mass is 10.1. The van der Waals surface area contributed by atoms with Gasteiger partial charge in [0, 0.05) is 11.6 Å². The molecule has 0 fully saturated rings. The molecule has 4 heteroatoms. The molecule has 0 N–H and O–H groups in total. The summed E-state index contributed by atoms with van der Waals surface area (Å²) in [5.74, 6) is 1.76. The lowest BCUT2D eigenvalue weighted by Gasteiger charge is -2.33. The smallest absolute Gasteiger partial charge is 0.151 e. The van der Waals surface area contributed by atoms with Crippen molar-refractivity contribution in [2.75, 3.05) is 32.1 Å². The van der Waals surface area contributed by atoms with Crippen LogP contribution in [0.15, 0.2) is 42.5 Å². The van der Waals surface area contributed by atoms with Crippen LogP contribution in [-0.4, -0.2) is 32.1 Å². The first-order valence-electron chi connectivity index (χ1n) is 7.14. The first kappa shape index (κ1) is 14.2. The average Bonchev–Trinajstić information content (AvgIpc) is 2.46. The quantitative estimate of drug-likeness (QED) is 0.825. The van der Waals surface area contributed by atoms with Crippen LogP contribution in [0.4, 0.5) is 11.4 Å². The third kappa shape index (κ3) is 2.99. The number of hydrogen-bond donors (Lipinski definition) is 0. The van der Waals surface area contributed by atoms with Gasteiger partial charge in [0.15, 0.2) is 11.5 Å². The molecule has 0 amide bonds. The number of halogens is 1. The van der Waals surface area contributed by atoms with Gasteiger partial charge < -0.3 is 14.5 Å². The lowest BCUT2D eigenvalue weighted by Crippen LogP contribution is -2.25. The standard InChI is InChI=1S/C17H19ClN2O/c1-19(2)10-5-11-20-14-6-3-4-7-16(14)21-17-9-8-13(18)12-15(17)20/h3-4,6-9,12H,5,10-11H2,1-2H3. The van der Waals surface area contributed by atoms with Crippen molar-refractivity contribution in [3.05, 3.63) is 47.5 Å². The normalized spacial score (nSPS) is 12.9. The molecule has 0 saturated carbocycles. The highest BCUT2D eigenvalue weighted by Crippen LogP contribution is 2.47. The van der Waals surface area contributed by atoms with Crippen molar-refractivity contribution in [1.29, 1.82) is 0 Å². The van der Waals surface area contributed by atoms with Crippen LogP contribution in [-0.2, 0) is 0 Å². The molecule has 0 atom stereocenters. The zero-order chi connectivity index (χ0) is 14.8. The van der Waals surface area contributed by atoms with Crippen LogP contribution in [0.1, 0.15) is 6.42 Å². The predicted molar refractivity (Wildman–Crippen MR) is 88.1 cm³/mol. The van der Waals surface area contributed by atoms with Crippen LogP contribution in [0.3, 0.4) is 0 Å². The maximum atomic E-state index is 6.16. The molecule has 1 aliphatic heterocycles. The van der Waals surface area contributed by atoms with E-state index in [9.17, 15) is 0 Å². The van der Waals surface area contributed by atoms with Gasteiger partial charge in [-0.25, -0.2) is 0 Å². The molecule has 0 spiro atoms. The van der Waals surface area contributed by atoms with Crippen molar-refractivity contribution in [3.8, 4) is 11.5 Å². The fourth-order valence-electron chi connectivity index (χ4n) is 2.59. The molecule has 0 saturated heterocycles. The van der Waals surface area contributed by atoms with Crippen LogP contribution in [0, 0.1) is 0 Å². The summed E-state index contributed by atoms with van der Waals surface area (Å²) >= 11 is 6.16. The van der Waals surface area contributed by atoms with Gasteiger partial charge >= 0.3 is 0 Å². The molecule has 2 aromatic carbocycles. The summed E-state index contributed by atoms with van der Waals surface area (Å²) in [5, 5.41) is 0.731. The average molecular weight is 303 g/mol. The van der Waals surface area contributed by atoms with Crippen molar-refractivity contribution in [2.45, 2.75) is 6.42 Å². The molecule has 3 rings (SSSR count). The molecule has 0 radical (unpaired) electrons. The summed E-state index contributed by atoms with van der Waals surface area (Å²) in [5.41, 5.74) is 2.14. The van der Waals surface area contributed by atoms with Crippen LogP contribution < -0.4 is 9.64 Å². The van der Waals surface area contributed by atoms with Gasteiger partial charge in [-0.3, -0.25) is 0 Å². The Labute approximate surface area is 130 Å². The molecule has 21 heavy (non-hydrogen) atoms. The van der Waals surface area contributed by atoms with Crippen LogP contribution in [0.2, 0.25) is 5.02 Å². The Balaban J connectivity index is 1.94. The Bertz CT molecular complexity index is 642. The van der Waals surface area contributed by atoms with Crippen molar-refractivity contribution in [2.24, 2.45) is 0 Å². The van der Waals surface area contributed by atoms with E-state index >= 15 is 0 Å². The summed E-state index contributed by atoms with van der Waals surface area (Å²) in [6.45, 7) is 1.99. The van der Waals surface area contributed by atoms with E-state index in [0.29, 0.717) is 0 Å². The number of benzene rings is 2. The molecule has 1 aliphatic rings. The van der Waals surface area contributed by atoms with Crippen molar-refractivity contribution >= 4 is 23.0 Å². The van der Waals surface area contributed by atoms with Gasteiger partial charge in [-0.05, 0) is 57.4 Å². The Hall–Kier alpha value is -1.71. The topological polar surface area (TPSA) is 15.7 Å². The van der Waals surface area contributed by atoms with Crippen molar-refractivity contribution < 1.29 is 4.74 Å². The molecule has 1 heterocycles. The molecule has 0 aliphatic carbocycles. The van der Waals surface area contributed by atoms with Crippen LogP contribution in [0.5, 0.6) is 11.5 Å². The predicted octanol–water partition coefficient (Wildman–Crippen LogP) is 4.54. The van der Waals surface area contributed by atoms with Gasteiger partial charge in [0.25, 0.3) is 0 Å². The van der Waals surface area contributed by atoms with E-state index in [0.717, 1.165) is 47.4 Å². The Kier molecular flexibility index (Phi) is 4.04. The first-order valence-corrected chi connectivity index (χ1v) is 7.51. The monoisotopic (exact) mass is 302 g/mol. The van der Waals surface area contributed by atoms with Gasteiger partial charge in [-0.2, -0.15) is 0 Å². The second kappa shape index (κ2) is 5.96. The largest absolute Gasteiger partial charge is 0.453 e. The Morgan fingerprint density at radius 2 is 1.81 bits per heavy atom. The van der Waals surface area contributed by atoms with Crippen LogP contribution >= 0.6 is 11.6 Å². The highest BCUT2D eigenvalue weighted by molar-refractivity contribution is 6.31. The van der Waals surface area contributed by atoms with E-state index in [2.05, 4.69) is 30.0 Å². The van der Waals surface area contributed by atoms with Gasteiger partial charge in [0.1, 0.15) is 0 Å². The number of anilines is 2. The molecule has 0 bridgehead atoms. The third-order valence-electron chi connectivity index (χ3n) is 3.57. The van der Waals surface area contributed by atoms with Gasteiger partial charge in [0.2, 0.25) is 0 Å². The number of hydrogen-bond acceptors (Lipinski definition) is 3. The summed E-state index contributed by atoms with van der Waals surface area (Å²) in [6, 6.07) is 13.9. The number of ether oxygens (including phenoxy) is 1. The minimum Gasteiger partial charge on any atom is -0.453 e. The van der Waals surface area contributed by atoms with Crippen LogP contribution in [0.25, 0.3) is 0 Å². The zero-order valence-electron chi connectivity index (χ0n) is 12.3. The zero-order valence-corrected chi connectivity index (χ0v) is 13.1. The molecule has 110 valence electrons. The minimum absolute atomic E-state index is 0.731. The molecule has 2 aromatic rings. The Morgan fingerprint density at radius 3 is 2.62 bits per heavy atom. The summed E-state index contributed by atoms with van der Waals surface area (Å²) in [6.07, 6.45) is 1.08.